The monoisotopic (exact) mass is 349 g/mol. The third-order valence-electron chi connectivity index (χ3n) is 2.74. The Balaban J connectivity index is 2.27. The fourth-order valence-corrected chi connectivity index (χ4v) is 1.84. The first kappa shape index (κ1) is 15.4. The zero-order valence-corrected chi connectivity index (χ0v) is 13.6. The molecule has 0 fully saturated rings. The molecule has 0 aromatic carbocycles. The Morgan fingerprint density at radius 1 is 1.24 bits per heavy atom. The molecule has 2 heterocycles. The topological polar surface area (TPSA) is 93.8 Å². The van der Waals surface area contributed by atoms with Crippen molar-refractivity contribution >= 4 is 33.5 Å². The van der Waals surface area contributed by atoms with Crippen LogP contribution in [0.5, 0.6) is 0 Å². The highest BCUT2D eigenvalue weighted by Crippen LogP contribution is 2.22. The highest BCUT2D eigenvalue weighted by atomic mass is 79.9. The van der Waals surface area contributed by atoms with E-state index >= 15 is 0 Å². The second-order valence-corrected chi connectivity index (χ2v) is 6.41. The zero-order valence-electron chi connectivity index (χ0n) is 12.0. The summed E-state index contributed by atoms with van der Waals surface area (Å²) in [5.41, 5.74) is 6.79. The number of nitrogens with two attached hydrogens (primary N) is 1. The second-order valence-electron chi connectivity index (χ2n) is 5.59. The Labute approximate surface area is 131 Å². The van der Waals surface area contributed by atoms with Gasteiger partial charge in [-0.25, -0.2) is 15.0 Å². The number of halogens is 1. The molecule has 0 atom stereocenters. The van der Waals surface area contributed by atoms with Crippen molar-refractivity contribution < 1.29 is 4.79 Å². The minimum Gasteiger partial charge on any atom is -0.384 e. The van der Waals surface area contributed by atoms with Gasteiger partial charge in [-0.05, 0) is 28.1 Å². The molecule has 3 N–H and O–H groups in total. The van der Waals surface area contributed by atoms with Crippen molar-refractivity contribution in [1.82, 2.24) is 15.0 Å². The molecule has 1 amide bonds. The predicted octanol–water partition coefficient (Wildman–Crippen LogP) is 2.77. The Bertz CT molecular complexity index is 664. The molecule has 0 saturated heterocycles. The van der Waals surface area contributed by atoms with Gasteiger partial charge in [0.2, 0.25) is 0 Å². The molecule has 0 saturated carbocycles. The molecule has 21 heavy (non-hydrogen) atoms. The highest BCUT2D eigenvalue weighted by molar-refractivity contribution is 9.10. The molecule has 0 spiro atoms. The number of hydrogen-bond acceptors (Lipinski definition) is 5. The second kappa shape index (κ2) is 5.77. The molecule has 0 aliphatic heterocycles. The van der Waals surface area contributed by atoms with Gasteiger partial charge in [0, 0.05) is 16.7 Å². The van der Waals surface area contributed by atoms with E-state index in [1.54, 1.807) is 6.07 Å². The number of amides is 1. The third kappa shape index (κ3) is 3.98. The fourth-order valence-electron chi connectivity index (χ4n) is 1.63. The van der Waals surface area contributed by atoms with Gasteiger partial charge < -0.3 is 11.1 Å². The molecule has 0 unspecified atom stereocenters. The predicted molar refractivity (Wildman–Crippen MR) is 85.0 cm³/mol. The SMILES string of the molecule is CC(C)(C)c1cc(C(=O)Nc2cnc(Br)cn2)cc(N)n1. The van der Waals surface area contributed by atoms with Gasteiger partial charge in [-0.3, -0.25) is 4.79 Å². The van der Waals surface area contributed by atoms with Crippen LogP contribution in [0.4, 0.5) is 11.6 Å². The Morgan fingerprint density at radius 3 is 2.52 bits per heavy atom. The normalized spacial score (nSPS) is 11.2. The summed E-state index contributed by atoms with van der Waals surface area (Å²) in [6, 6.07) is 3.27. The van der Waals surface area contributed by atoms with Gasteiger partial charge in [-0.1, -0.05) is 20.8 Å². The molecule has 6 nitrogen and oxygen atoms in total. The van der Waals surface area contributed by atoms with Gasteiger partial charge in [-0.15, -0.1) is 0 Å². The molecule has 0 aliphatic rings. The number of hydrogen-bond donors (Lipinski definition) is 2. The molecular weight excluding hydrogens is 334 g/mol. The van der Waals surface area contributed by atoms with E-state index in [-0.39, 0.29) is 11.3 Å². The Kier molecular flexibility index (Phi) is 4.22. The van der Waals surface area contributed by atoms with Crippen molar-refractivity contribution in [3.05, 3.63) is 40.4 Å². The number of nitrogens with zero attached hydrogens (tertiary/aromatic N) is 3. The number of anilines is 2. The summed E-state index contributed by atoms with van der Waals surface area (Å²) >= 11 is 3.19. The van der Waals surface area contributed by atoms with Crippen molar-refractivity contribution in [3.63, 3.8) is 0 Å². The molecule has 7 heteroatoms. The van der Waals surface area contributed by atoms with Crippen LogP contribution in [-0.2, 0) is 5.41 Å². The van der Waals surface area contributed by atoms with Gasteiger partial charge >= 0.3 is 0 Å². The first-order valence-electron chi connectivity index (χ1n) is 6.32. The zero-order chi connectivity index (χ0) is 15.6. The van der Waals surface area contributed by atoms with Crippen LogP contribution in [0.1, 0.15) is 36.8 Å². The standard InChI is InChI=1S/C14H16BrN5O/c1-14(2,3)9-4-8(5-11(16)19-9)13(21)20-12-7-17-10(15)6-18-12/h4-7H,1-3H3,(H2,16,19)(H,18,20,21). The third-order valence-corrected chi connectivity index (χ3v) is 3.15. The van der Waals surface area contributed by atoms with E-state index < -0.39 is 0 Å². The fraction of sp³-hybridized carbons (Fsp3) is 0.286. The Hall–Kier alpha value is -2.02. The molecule has 110 valence electrons. The van der Waals surface area contributed by atoms with Gasteiger partial charge in [0.25, 0.3) is 5.91 Å². The first-order valence-corrected chi connectivity index (χ1v) is 7.12. The highest BCUT2D eigenvalue weighted by Gasteiger charge is 2.19. The summed E-state index contributed by atoms with van der Waals surface area (Å²) in [6.07, 6.45) is 2.98. The average molecular weight is 350 g/mol. The lowest BCUT2D eigenvalue weighted by Gasteiger charge is -2.19. The van der Waals surface area contributed by atoms with E-state index in [4.69, 9.17) is 5.73 Å². The van der Waals surface area contributed by atoms with Crippen LogP contribution in [0.25, 0.3) is 0 Å². The maximum Gasteiger partial charge on any atom is 0.257 e. The number of rotatable bonds is 2. The minimum absolute atomic E-state index is 0.193. The van der Waals surface area contributed by atoms with Crippen LogP contribution in [0.15, 0.2) is 29.1 Å². The van der Waals surface area contributed by atoms with Gasteiger partial charge in [0.1, 0.15) is 10.4 Å². The molecule has 2 aromatic rings. The van der Waals surface area contributed by atoms with Crippen LogP contribution in [0, 0.1) is 0 Å². The minimum atomic E-state index is -0.300. The van der Waals surface area contributed by atoms with Crippen LogP contribution in [0.2, 0.25) is 0 Å². The molecule has 2 rings (SSSR count). The number of carbonyl (C=O) groups is 1. The molecule has 2 aromatic heterocycles. The Morgan fingerprint density at radius 2 is 1.95 bits per heavy atom. The maximum absolute atomic E-state index is 12.3. The summed E-state index contributed by atoms with van der Waals surface area (Å²) < 4.78 is 0.601. The lowest BCUT2D eigenvalue weighted by Crippen LogP contribution is -2.19. The van der Waals surface area contributed by atoms with Crippen LogP contribution < -0.4 is 11.1 Å². The van der Waals surface area contributed by atoms with E-state index in [0.29, 0.717) is 21.8 Å². The van der Waals surface area contributed by atoms with Crippen molar-refractivity contribution in [3.8, 4) is 0 Å². The molecule has 0 radical (unpaired) electrons. The van der Waals surface area contributed by atoms with Crippen LogP contribution >= 0.6 is 15.9 Å². The van der Waals surface area contributed by atoms with Crippen LogP contribution in [-0.4, -0.2) is 20.9 Å². The average Bonchev–Trinajstić information content (AvgIpc) is 2.39. The van der Waals surface area contributed by atoms with E-state index in [0.717, 1.165) is 5.69 Å². The van der Waals surface area contributed by atoms with Crippen LogP contribution in [0.3, 0.4) is 0 Å². The van der Waals surface area contributed by atoms with E-state index in [9.17, 15) is 4.79 Å². The molecular formula is C14H16BrN5O. The summed E-state index contributed by atoms with van der Waals surface area (Å²) in [6.45, 7) is 6.03. The van der Waals surface area contributed by atoms with Crippen molar-refractivity contribution in [1.29, 1.82) is 0 Å². The van der Waals surface area contributed by atoms with E-state index in [2.05, 4.69) is 36.2 Å². The summed E-state index contributed by atoms with van der Waals surface area (Å²) in [5, 5.41) is 2.67. The van der Waals surface area contributed by atoms with Gasteiger partial charge in [0.15, 0.2) is 5.82 Å². The summed E-state index contributed by atoms with van der Waals surface area (Å²) in [7, 11) is 0. The number of nitrogen functional groups attached to an aromatic ring is 1. The first-order chi connectivity index (χ1) is 9.75. The van der Waals surface area contributed by atoms with Crippen molar-refractivity contribution in [2.75, 3.05) is 11.1 Å². The van der Waals surface area contributed by atoms with E-state index in [1.165, 1.54) is 18.5 Å². The number of nitrogens with one attached hydrogen (secondary N) is 1. The van der Waals surface area contributed by atoms with Crippen molar-refractivity contribution in [2.24, 2.45) is 0 Å². The number of carbonyl (C=O) groups excluding carboxylic acids is 1. The number of pyridine rings is 1. The molecule has 0 aliphatic carbocycles. The van der Waals surface area contributed by atoms with Gasteiger partial charge in [-0.2, -0.15) is 0 Å². The maximum atomic E-state index is 12.3. The quantitative estimate of drug-likeness (QED) is 0.869. The summed E-state index contributed by atoms with van der Waals surface area (Å²) in [4.78, 5) is 24.6. The number of aromatic nitrogens is 3. The molecule has 0 bridgehead atoms. The largest absolute Gasteiger partial charge is 0.384 e. The van der Waals surface area contributed by atoms with E-state index in [1.807, 2.05) is 20.8 Å². The van der Waals surface area contributed by atoms with Crippen molar-refractivity contribution in [2.45, 2.75) is 26.2 Å². The van der Waals surface area contributed by atoms with Gasteiger partial charge in [0.05, 0.1) is 12.4 Å². The lowest BCUT2D eigenvalue weighted by molar-refractivity contribution is 0.102. The lowest BCUT2D eigenvalue weighted by atomic mass is 9.90. The smallest absolute Gasteiger partial charge is 0.257 e. The summed E-state index contributed by atoms with van der Waals surface area (Å²) in [5.74, 6) is 0.386.